The van der Waals surface area contributed by atoms with E-state index in [0.29, 0.717) is 23.9 Å². The Kier molecular flexibility index (Phi) is 5.72. The number of methoxy groups -OCH3 is 1. The highest BCUT2D eigenvalue weighted by molar-refractivity contribution is 6.07. The number of likely N-dealkylation sites (N-methyl/N-ethyl adjacent to an activating group) is 1. The Hall–Kier alpha value is -3.28. The monoisotopic (exact) mass is 420 g/mol. The van der Waals surface area contributed by atoms with Gasteiger partial charge in [0, 0.05) is 34.9 Å². The summed E-state index contributed by atoms with van der Waals surface area (Å²) in [4.78, 5) is 27.6. The van der Waals surface area contributed by atoms with Gasteiger partial charge in [-0.25, -0.2) is 4.79 Å². The SMILES string of the molecule is CCN(C(=O)COC(=O)c1c(C)n(C2CC2)c2ccc(OC)cc12)c1ccccc1C. The normalized spacial score (nSPS) is 13.3. The van der Waals surface area contributed by atoms with Crippen molar-refractivity contribution in [3.63, 3.8) is 0 Å². The molecule has 0 atom stereocenters. The van der Waals surface area contributed by atoms with Crippen LogP contribution >= 0.6 is 0 Å². The number of rotatable bonds is 7. The maximum absolute atomic E-state index is 13.1. The third-order valence-corrected chi connectivity index (χ3v) is 5.92. The molecule has 4 rings (SSSR count). The summed E-state index contributed by atoms with van der Waals surface area (Å²) in [7, 11) is 1.60. The first-order valence-electron chi connectivity index (χ1n) is 10.7. The molecule has 0 aliphatic heterocycles. The summed E-state index contributed by atoms with van der Waals surface area (Å²) in [6.07, 6.45) is 2.21. The number of aromatic nitrogens is 1. The molecular formula is C25H28N2O4. The largest absolute Gasteiger partial charge is 0.497 e. The van der Waals surface area contributed by atoms with Crippen LogP contribution in [0.5, 0.6) is 5.75 Å². The van der Waals surface area contributed by atoms with Crippen LogP contribution in [0.1, 0.15) is 47.4 Å². The van der Waals surface area contributed by atoms with Crippen molar-refractivity contribution in [1.82, 2.24) is 4.57 Å². The highest BCUT2D eigenvalue weighted by Crippen LogP contribution is 2.42. The van der Waals surface area contributed by atoms with Gasteiger partial charge < -0.3 is 18.9 Å². The van der Waals surface area contributed by atoms with E-state index in [-0.39, 0.29) is 12.5 Å². The van der Waals surface area contributed by atoms with Crippen LogP contribution < -0.4 is 9.64 Å². The number of esters is 1. The van der Waals surface area contributed by atoms with E-state index >= 15 is 0 Å². The molecule has 1 heterocycles. The Morgan fingerprint density at radius 2 is 1.87 bits per heavy atom. The molecule has 1 amide bonds. The number of carbonyl (C=O) groups excluding carboxylic acids is 2. The summed E-state index contributed by atoms with van der Waals surface area (Å²) >= 11 is 0. The van der Waals surface area contributed by atoms with E-state index in [2.05, 4.69) is 4.57 Å². The summed E-state index contributed by atoms with van der Waals surface area (Å²) in [6.45, 7) is 6.00. The zero-order chi connectivity index (χ0) is 22.1. The van der Waals surface area contributed by atoms with Gasteiger partial charge in [-0.15, -0.1) is 0 Å². The van der Waals surface area contributed by atoms with Gasteiger partial charge in [0.1, 0.15) is 5.75 Å². The molecule has 0 saturated heterocycles. The Labute approximate surface area is 182 Å². The molecule has 31 heavy (non-hydrogen) atoms. The molecule has 1 aromatic heterocycles. The molecule has 6 nitrogen and oxygen atoms in total. The van der Waals surface area contributed by atoms with Crippen LogP contribution in [0.4, 0.5) is 5.69 Å². The highest BCUT2D eigenvalue weighted by Gasteiger charge is 2.31. The maximum atomic E-state index is 13.1. The van der Waals surface area contributed by atoms with Crippen molar-refractivity contribution in [2.24, 2.45) is 0 Å². The molecule has 6 heteroatoms. The Morgan fingerprint density at radius 3 is 2.52 bits per heavy atom. The van der Waals surface area contributed by atoms with Crippen LogP contribution in [0.25, 0.3) is 10.9 Å². The van der Waals surface area contributed by atoms with Crippen molar-refractivity contribution < 1.29 is 19.1 Å². The topological polar surface area (TPSA) is 60.8 Å². The second-order valence-electron chi connectivity index (χ2n) is 7.95. The predicted octanol–water partition coefficient (Wildman–Crippen LogP) is 4.81. The summed E-state index contributed by atoms with van der Waals surface area (Å²) in [6, 6.07) is 13.9. The predicted molar refractivity (Wildman–Crippen MR) is 121 cm³/mol. The smallest absolute Gasteiger partial charge is 0.341 e. The fraction of sp³-hybridized carbons (Fsp3) is 0.360. The number of hydrogen-bond acceptors (Lipinski definition) is 4. The third-order valence-electron chi connectivity index (χ3n) is 5.92. The Balaban J connectivity index is 1.59. The van der Waals surface area contributed by atoms with Crippen LogP contribution in [-0.4, -0.2) is 36.7 Å². The summed E-state index contributed by atoms with van der Waals surface area (Å²) < 4.78 is 13.1. The minimum atomic E-state index is -0.482. The molecule has 0 N–H and O–H groups in total. The van der Waals surface area contributed by atoms with E-state index in [4.69, 9.17) is 9.47 Å². The lowest BCUT2D eigenvalue weighted by atomic mass is 10.1. The van der Waals surface area contributed by atoms with E-state index in [1.165, 1.54) is 0 Å². The van der Waals surface area contributed by atoms with Crippen LogP contribution in [0.3, 0.4) is 0 Å². The van der Waals surface area contributed by atoms with Gasteiger partial charge in [-0.3, -0.25) is 4.79 Å². The summed E-state index contributed by atoms with van der Waals surface area (Å²) in [5.41, 5.74) is 4.20. The van der Waals surface area contributed by atoms with Gasteiger partial charge in [0.2, 0.25) is 0 Å². The van der Waals surface area contributed by atoms with Crippen molar-refractivity contribution in [3.05, 3.63) is 59.3 Å². The molecule has 1 aliphatic rings. The number of para-hydroxylation sites is 1. The molecule has 1 aliphatic carbocycles. The van der Waals surface area contributed by atoms with E-state index in [1.807, 2.05) is 63.2 Å². The molecule has 0 radical (unpaired) electrons. The van der Waals surface area contributed by atoms with Gasteiger partial charge >= 0.3 is 5.97 Å². The van der Waals surface area contributed by atoms with Crippen molar-refractivity contribution in [1.29, 1.82) is 0 Å². The quantitative estimate of drug-likeness (QED) is 0.515. The molecule has 0 bridgehead atoms. The van der Waals surface area contributed by atoms with Crippen molar-refractivity contribution in [3.8, 4) is 5.75 Å². The molecule has 1 saturated carbocycles. The van der Waals surface area contributed by atoms with Crippen molar-refractivity contribution in [2.45, 2.75) is 39.7 Å². The summed E-state index contributed by atoms with van der Waals surface area (Å²) in [5.74, 6) is -0.0436. The van der Waals surface area contributed by atoms with Gasteiger partial charge in [0.15, 0.2) is 6.61 Å². The molecule has 162 valence electrons. The van der Waals surface area contributed by atoms with Gasteiger partial charge in [-0.05, 0) is 63.4 Å². The number of anilines is 1. The van der Waals surface area contributed by atoms with Crippen molar-refractivity contribution in [2.75, 3.05) is 25.2 Å². The molecule has 0 unspecified atom stereocenters. The fourth-order valence-corrected chi connectivity index (χ4v) is 4.23. The number of amides is 1. The number of ether oxygens (including phenoxy) is 2. The zero-order valence-electron chi connectivity index (χ0n) is 18.5. The van der Waals surface area contributed by atoms with Crippen molar-refractivity contribution >= 4 is 28.5 Å². The van der Waals surface area contributed by atoms with E-state index in [0.717, 1.165) is 40.7 Å². The lowest BCUT2D eigenvalue weighted by molar-refractivity contribution is -0.121. The zero-order valence-corrected chi connectivity index (χ0v) is 18.5. The maximum Gasteiger partial charge on any atom is 0.341 e. The fourth-order valence-electron chi connectivity index (χ4n) is 4.23. The number of carbonyl (C=O) groups is 2. The first-order chi connectivity index (χ1) is 15.0. The Bertz CT molecular complexity index is 1140. The first kappa shape index (κ1) is 21.0. The van der Waals surface area contributed by atoms with E-state index in [9.17, 15) is 9.59 Å². The summed E-state index contributed by atoms with van der Waals surface area (Å²) in [5, 5.41) is 0.799. The second-order valence-corrected chi connectivity index (χ2v) is 7.95. The number of aryl methyl sites for hydroxylation is 1. The highest BCUT2D eigenvalue weighted by atomic mass is 16.5. The number of nitrogens with zero attached hydrogens (tertiary/aromatic N) is 2. The number of fused-ring (bicyclic) bond motifs is 1. The average molecular weight is 421 g/mol. The number of benzene rings is 2. The van der Waals surface area contributed by atoms with Gasteiger partial charge in [-0.2, -0.15) is 0 Å². The lowest BCUT2D eigenvalue weighted by Crippen LogP contribution is -2.35. The van der Waals surface area contributed by atoms with Crippen LogP contribution in [0.2, 0.25) is 0 Å². The molecule has 0 spiro atoms. The third kappa shape index (κ3) is 3.90. The Morgan fingerprint density at radius 1 is 1.13 bits per heavy atom. The standard InChI is InChI=1S/C25H28N2O4/c1-5-26(21-9-7-6-8-16(21)2)23(28)15-31-25(29)24-17(3)27(18-10-11-18)22-13-12-19(30-4)14-20(22)24/h6-9,12-14,18H,5,10-11,15H2,1-4H3. The lowest BCUT2D eigenvalue weighted by Gasteiger charge is -2.22. The minimum absolute atomic E-state index is 0.244. The second kappa shape index (κ2) is 8.46. The van der Waals surface area contributed by atoms with Gasteiger partial charge in [-0.1, -0.05) is 18.2 Å². The minimum Gasteiger partial charge on any atom is -0.497 e. The van der Waals surface area contributed by atoms with Gasteiger partial charge in [0.05, 0.1) is 12.7 Å². The molecule has 3 aromatic rings. The van der Waals surface area contributed by atoms with Crippen LogP contribution in [-0.2, 0) is 9.53 Å². The van der Waals surface area contributed by atoms with Crippen LogP contribution in [0, 0.1) is 13.8 Å². The van der Waals surface area contributed by atoms with E-state index in [1.54, 1.807) is 12.0 Å². The van der Waals surface area contributed by atoms with E-state index < -0.39 is 5.97 Å². The number of hydrogen-bond donors (Lipinski definition) is 0. The van der Waals surface area contributed by atoms with Gasteiger partial charge in [0.25, 0.3) is 5.91 Å². The molecule has 1 fully saturated rings. The average Bonchev–Trinajstić information content (AvgIpc) is 3.56. The molecule has 2 aromatic carbocycles. The van der Waals surface area contributed by atoms with Crippen LogP contribution in [0.15, 0.2) is 42.5 Å². The molecular weight excluding hydrogens is 392 g/mol. The first-order valence-corrected chi connectivity index (χ1v) is 10.7.